The van der Waals surface area contributed by atoms with E-state index in [1.165, 1.54) is 33.2 Å². The number of rotatable bonds is 11. The number of carbonyl (C=O) groups is 6. The highest BCUT2D eigenvalue weighted by Gasteiger charge is 2.81. The van der Waals surface area contributed by atoms with E-state index in [0.717, 1.165) is 16.5 Å². The molecule has 6 N–H and O–H groups in total. The summed E-state index contributed by atoms with van der Waals surface area (Å²) in [7, 11) is 4.09. The molecule has 6 heterocycles. The van der Waals surface area contributed by atoms with E-state index in [4.69, 9.17) is 34.3 Å². The van der Waals surface area contributed by atoms with Gasteiger partial charge in [-0.05, 0) is 74.2 Å². The minimum absolute atomic E-state index is 0.155. The third-order valence-electron chi connectivity index (χ3n) is 16.2. The van der Waals surface area contributed by atoms with Crippen LogP contribution in [-0.2, 0) is 60.2 Å². The van der Waals surface area contributed by atoms with Crippen LogP contribution in [-0.4, -0.2) is 166 Å². The number of aliphatic carboxylic acids is 2. The van der Waals surface area contributed by atoms with E-state index in [1.807, 2.05) is 50.3 Å². The number of nitrogens with zero attached hydrogens (tertiary/aromatic N) is 3. The van der Waals surface area contributed by atoms with Gasteiger partial charge in [-0.1, -0.05) is 44.2 Å². The van der Waals surface area contributed by atoms with Crippen LogP contribution in [0.15, 0.2) is 48.6 Å². The average Bonchev–Trinajstić information content (AvgIpc) is 4.00. The third-order valence-corrected chi connectivity index (χ3v) is 16.2. The molecule has 2 aromatic carbocycles. The number of piperidine rings is 1. The number of hydrogen-bond acceptors (Lipinski definition) is 15. The van der Waals surface area contributed by atoms with Gasteiger partial charge in [-0.25, -0.2) is 9.59 Å². The first kappa shape index (κ1) is 49.6. The normalized spacial score (nSPS) is 33.3. The van der Waals surface area contributed by atoms with Gasteiger partial charge < -0.3 is 54.4 Å². The Labute approximate surface area is 398 Å². The fourth-order valence-electron chi connectivity index (χ4n) is 13.6. The lowest BCUT2D eigenvalue weighted by molar-refractivity contribution is -0.228. The number of aromatic nitrogens is 1. The van der Waals surface area contributed by atoms with Crippen LogP contribution in [0.4, 0.5) is 5.69 Å². The summed E-state index contributed by atoms with van der Waals surface area (Å²) < 4.78 is 23.7. The molecule has 1 amide bonds. The average molecular weight is 959 g/mol. The van der Waals surface area contributed by atoms with Gasteiger partial charge >= 0.3 is 29.8 Å². The summed E-state index contributed by atoms with van der Waals surface area (Å²) in [5.41, 5.74) is -3.15. The molecule has 2 saturated heterocycles. The number of methoxy groups -OCH3 is 3. The number of esters is 3. The Morgan fingerprint density at radius 2 is 1.67 bits per heavy atom. The van der Waals surface area contributed by atoms with Gasteiger partial charge in [0.15, 0.2) is 12.2 Å². The van der Waals surface area contributed by atoms with Crippen LogP contribution in [0.1, 0.15) is 81.7 Å². The quantitative estimate of drug-likeness (QED) is 0.0698. The summed E-state index contributed by atoms with van der Waals surface area (Å²) >= 11 is 0. The Hall–Kier alpha value is -5.86. The molecule has 1 aromatic heterocycles. The summed E-state index contributed by atoms with van der Waals surface area (Å²) in [6.07, 6.45) is 3.29. The van der Waals surface area contributed by atoms with Crippen LogP contribution in [0.25, 0.3) is 10.9 Å². The van der Waals surface area contributed by atoms with E-state index >= 15 is 4.79 Å². The van der Waals surface area contributed by atoms with Crippen molar-refractivity contribution in [1.82, 2.24) is 14.8 Å². The maximum absolute atomic E-state index is 15.3. The Balaban J connectivity index is 0.000000649. The number of carbonyl (C=O) groups excluding carboxylic acids is 4. The van der Waals surface area contributed by atoms with Crippen molar-refractivity contribution in [2.24, 2.45) is 11.3 Å². The zero-order chi connectivity index (χ0) is 50.0. The number of anilines is 1. The number of ether oxygens (including phenoxy) is 4. The Morgan fingerprint density at radius 3 is 2.28 bits per heavy atom. The van der Waals surface area contributed by atoms with Gasteiger partial charge in [0.25, 0.3) is 0 Å². The largest absolute Gasteiger partial charge is 0.496 e. The molecule has 1 spiro atoms. The second-order valence-corrected chi connectivity index (χ2v) is 19.6. The number of carboxylic acid groups (broad SMARTS) is 2. The van der Waals surface area contributed by atoms with Gasteiger partial charge in [-0.2, -0.15) is 0 Å². The number of nitrogens with one attached hydrogen (secondary N) is 1. The molecule has 11 atom stereocenters. The third kappa shape index (κ3) is 7.41. The van der Waals surface area contributed by atoms with Gasteiger partial charge in [0, 0.05) is 78.2 Å². The molecule has 69 heavy (non-hydrogen) atoms. The lowest BCUT2D eigenvalue weighted by atomic mass is 9.47. The fourth-order valence-corrected chi connectivity index (χ4v) is 13.6. The highest BCUT2D eigenvalue weighted by molar-refractivity contribution is 5.96. The number of hydrogen-bond donors (Lipinski definition) is 6. The van der Waals surface area contributed by atoms with Crippen LogP contribution in [0.5, 0.6) is 5.75 Å². The van der Waals surface area contributed by atoms with E-state index in [9.17, 15) is 34.2 Å². The van der Waals surface area contributed by atoms with Crippen molar-refractivity contribution in [2.45, 2.75) is 112 Å². The standard InChI is InChI=1S/C46H56N4O10.C4H6O5/c1-7-42(55)22-28-23-45(40(53)58-5,36-30(14-18-48(24-28)25-42)29-12-9-10-13-33(29)47-36)32-20-31-34(21-35(32)57-4)50(26-51)38-44(31)16-19-49-17-11-15-43(8-2,37(44)49)39(60-27(3)52)46(38,56)41(54)59-6;5-2(4(8)9)1-3(6)7/h9-13,15,20-21,26,28,37-39,47,55-56H,7-8,14,16-19,22-25H2,1-6H3;2,5H,1H2,(H,6,7)(H,8,9)/t28-,37+,38-,39-,42+,43-,44-,45+,46+;/m1./s1. The molecule has 372 valence electrons. The first-order valence-corrected chi connectivity index (χ1v) is 23.4. The predicted octanol–water partition coefficient (Wildman–Crippen LogP) is 2.42. The number of benzene rings is 2. The number of aliphatic hydroxyl groups excluding tert-OH is 1. The zero-order valence-corrected chi connectivity index (χ0v) is 39.7. The summed E-state index contributed by atoms with van der Waals surface area (Å²) in [5, 5.41) is 50.4. The first-order valence-electron chi connectivity index (χ1n) is 23.4. The minimum atomic E-state index is -2.53. The van der Waals surface area contributed by atoms with Crippen molar-refractivity contribution >= 4 is 52.8 Å². The van der Waals surface area contributed by atoms with Crippen molar-refractivity contribution in [1.29, 1.82) is 0 Å². The first-order chi connectivity index (χ1) is 32.8. The molecule has 1 saturated carbocycles. The van der Waals surface area contributed by atoms with Crippen LogP contribution in [0.2, 0.25) is 0 Å². The number of carboxylic acids is 2. The van der Waals surface area contributed by atoms with E-state index in [1.54, 1.807) is 6.07 Å². The number of H-pyrrole nitrogens is 1. The van der Waals surface area contributed by atoms with Crippen molar-refractivity contribution in [3.63, 3.8) is 0 Å². The molecule has 2 bridgehead atoms. The van der Waals surface area contributed by atoms with Crippen LogP contribution in [0, 0.1) is 11.3 Å². The summed E-state index contributed by atoms with van der Waals surface area (Å²) in [6, 6.07) is 9.97. The smallest absolute Gasteiger partial charge is 0.344 e. The molecule has 19 nitrogen and oxygen atoms in total. The predicted molar refractivity (Wildman–Crippen MR) is 246 cm³/mol. The van der Waals surface area contributed by atoms with Gasteiger partial charge in [-0.3, -0.25) is 29.0 Å². The molecule has 5 aliphatic heterocycles. The second kappa shape index (κ2) is 18.1. The maximum Gasteiger partial charge on any atom is 0.344 e. The van der Waals surface area contributed by atoms with E-state index in [2.05, 4.69) is 20.9 Å². The number of fused-ring (bicyclic) bond motifs is 6. The van der Waals surface area contributed by atoms with E-state index in [0.29, 0.717) is 99.5 Å². The molecule has 2 unspecified atom stereocenters. The number of amides is 1. The van der Waals surface area contributed by atoms with Crippen molar-refractivity contribution in [3.8, 4) is 5.75 Å². The minimum Gasteiger partial charge on any atom is -0.496 e. The highest BCUT2D eigenvalue weighted by atomic mass is 16.6. The molecule has 6 aliphatic rings. The zero-order valence-electron chi connectivity index (χ0n) is 39.7. The SMILES string of the molecule is CC[C@]1(O)C[C@H]2CN(CCc3c([nH]c4ccccc34)[C@@](C(=O)OC)(c3cc4c(cc3OC)N(C=O)[C@H]3[C@@](O)(C(=O)OC)[C@H](OC(C)=O)[C@]5(CC)C=CCN6CC[C@]43[C@@H]65)C2)C1.O=C(O)CC(O)C(=O)O. The van der Waals surface area contributed by atoms with E-state index < -0.39 is 88.0 Å². The van der Waals surface area contributed by atoms with Crippen molar-refractivity contribution < 1.29 is 73.2 Å². The molecule has 3 fully saturated rings. The Bertz CT molecular complexity index is 2600. The van der Waals surface area contributed by atoms with Gasteiger partial charge in [0.2, 0.25) is 12.0 Å². The van der Waals surface area contributed by atoms with E-state index in [-0.39, 0.29) is 12.3 Å². The maximum atomic E-state index is 15.3. The topological polar surface area (TPSA) is 266 Å². The van der Waals surface area contributed by atoms with Gasteiger partial charge in [-0.15, -0.1) is 0 Å². The summed E-state index contributed by atoms with van der Waals surface area (Å²) in [6.45, 7) is 8.16. The van der Waals surface area contributed by atoms with Crippen LogP contribution >= 0.6 is 0 Å². The van der Waals surface area contributed by atoms with Crippen molar-refractivity contribution in [3.05, 3.63) is 70.9 Å². The molecule has 1 aliphatic carbocycles. The lowest BCUT2D eigenvalue weighted by Crippen LogP contribution is -2.81. The molecular formula is C50H62N4O15. The van der Waals surface area contributed by atoms with Crippen LogP contribution in [0.3, 0.4) is 0 Å². The fraction of sp³-hybridized carbons (Fsp3) is 0.560. The molecule has 0 radical (unpaired) electrons. The van der Waals surface area contributed by atoms with Gasteiger partial charge in [0.1, 0.15) is 11.2 Å². The summed E-state index contributed by atoms with van der Waals surface area (Å²) in [4.78, 5) is 85.5. The monoisotopic (exact) mass is 958 g/mol. The highest BCUT2D eigenvalue weighted by Crippen LogP contribution is 2.68. The van der Waals surface area contributed by atoms with Crippen molar-refractivity contribution in [2.75, 3.05) is 59.0 Å². The summed E-state index contributed by atoms with van der Waals surface area (Å²) in [5.74, 6) is -4.91. The number of aromatic amines is 1. The molecule has 3 aromatic rings. The number of aliphatic hydroxyl groups is 3. The van der Waals surface area contributed by atoms with Gasteiger partial charge in [0.05, 0.1) is 45.1 Å². The lowest BCUT2D eigenvalue weighted by Gasteiger charge is -2.63. The molecule has 9 rings (SSSR count). The Kier molecular flexibility index (Phi) is 13.0. The Morgan fingerprint density at radius 1 is 0.942 bits per heavy atom. The van der Waals surface area contributed by atoms with Crippen LogP contribution < -0.4 is 9.64 Å². The number of para-hydroxylation sites is 1. The molecular weight excluding hydrogens is 897 g/mol. The second-order valence-electron chi connectivity index (χ2n) is 19.6. The molecule has 19 heteroatoms.